The number of amides is 1. The van der Waals surface area contributed by atoms with E-state index in [4.69, 9.17) is 10.8 Å². The highest BCUT2D eigenvalue weighted by molar-refractivity contribution is 5.93. The molecule has 0 aliphatic carbocycles. The van der Waals surface area contributed by atoms with Gasteiger partial charge in [-0.05, 0) is 23.8 Å². The van der Waals surface area contributed by atoms with Crippen molar-refractivity contribution in [3.8, 4) is 0 Å². The highest BCUT2D eigenvalue weighted by Gasteiger charge is 1.97. The first-order valence-electron chi connectivity index (χ1n) is 3.90. The molecule has 72 valence electrons. The Kier molecular flexibility index (Phi) is 3.01. The van der Waals surface area contributed by atoms with Crippen molar-refractivity contribution in [3.63, 3.8) is 0 Å². The fourth-order valence-corrected chi connectivity index (χ4v) is 0.926. The summed E-state index contributed by atoms with van der Waals surface area (Å²) in [6, 6.07) is 6.34. The lowest BCUT2D eigenvalue weighted by molar-refractivity contribution is -0.131. The molecular formula is C10H9NO3. The summed E-state index contributed by atoms with van der Waals surface area (Å²) < 4.78 is 0. The lowest BCUT2D eigenvalue weighted by Crippen LogP contribution is -2.10. The van der Waals surface area contributed by atoms with Gasteiger partial charge in [0.05, 0.1) is 0 Å². The van der Waals surface area contributed by atoms with Crippen molar-refractivity contribution < 1.29 is 14.7 Å². The molecule has 14 heavy (non-hydrogen) atoms. The van der Waals surface area contributed by atoms with E-state index >= 15 is 0 Å². The minimum absolute atomic E-state index is 0.400. The first kappa shape index (κ1) is 9.98. The normalized spacial score (nSPS) is 10.3. The van der Waals surface area contributed by atoms with Gasteiger partial charge in [0, 0.05) is 11.6 Å². The zero-order chi connectivity index (χ0) is 10.6. The van der Waals surface area contributed by atoms with Crippen LogP contribution >= 0.6 is 0 Å². The molecule has 0 saturated heterocycles. The van der Waals surface area contributed by atoms with Crippen LogP contribution in [0.2, 0.25) is 0 Å². The lowest BCUT2D eigenvalue weighted by Gasteiger charge is -1.95. The van der Waals surface area contributed by atoms with E-state index in [0.29, 0.717) is 11.1 Å². The van der Waals surface area contributed by atoms with Gasteiger partial charge in [-0.2, -0.15) is 0 Å². The number of carboxylic acid groups (broad SMARTS) is 1. The molecule has 4 nitrogen and oxygen atoms in total. The summed E-state index contributed by atoms with van der Waals surface area (Å²) in [5.74, 6) is -1.51. The van der Waals surface area contributed by atoms with E-state index in [0.717, 1.165) is 6.08 Å². The summed E-state index contributed by atoms with van der Waals surface area (Å²) >= 11 is 0. The van der Waals surface area contributed by atoms with E-state index in [1.54, 1.807) is 24.3 Å². The van der Waals surface area contributed by atoms with E-state index in [2.05, 4.69) is 0 Å². The number of carbonyl (C=O) groups is 2. The third-order valence-corrected chi connectivity index (χ3v) is 1.61. The van der Waals surface area contributed by atoms with Gasteiger partial charge in [-0.15, -0.1) is 0 Å². The number of hydrogen-bond donors (Lipinski definition) is 2. The van der Waals surface area contributed by atoms with Crippen molar-refractivity contribution in [1.29, 1.82) is 0 Å². The molecule has 0 saturated carbocycles. The number of aliphatic carboxylic acids is 1. The highest BCUT2D eigenvalue weighted by Crippen LogP contribution is 2.05. The van der Waals surface area contributed by atoms with E-state index in [-0.39, 0.29) is 0 Å². The number of nitrogens with two attached hydrogens (primary N) is 1. The van der Waals surface area contributed by atoms with Crippen LogP contribution < -0.4 is 5.73 Å². The molecule has 0 atom stereocenters. The number of benzene rings is 1. The van der Waals surface area contributed by atoms with Crippen molar-refractivity contribution >= 4 is 18.0 Å². The lowest BCUT2D eigenvalue weighted by atomic mass is 10.1. The number of carbonyl (C=O) groups excluding carboxylic acids is 1. The van der Waals surface area contributed by atoms with Gasteiger partial charge in [0.1, 0.15) is 0 Å². The molecule has 0 aromatic heterocycles. The SMILES string of the molecule is NC(=O)c1ccc(/C=C/C(=O)O)cc1. The van der Waals surface area contributed by atoms with Gasteiger partial charge in [-0.25, -0.2) is 4.79 Å². The molecule has 1 aromatic carbocycles. The smallest absolute Gasteiger partial charge is 0.328 e. The quantitative estimate of drug-likeness (QED) is 0.696. The number of carboxylic acids is 1. The Morgan fingerprint density at radius 2 is 1.79 bits per heavy atom. The Labute approximate surface area is 80.7 Å². The van der Waals surface area contributed by atoms with E-state index in [1.807, 2.05) is 0 Å². The van der Waals surface area contributed by atoms with Gasteiger partial charge in [-0.3, -0.25) is 4.79 Å². The molecular weight excluding hydrogens is 182 g/mol. The van der Waals surface area contributed by atoms with Crippen molar-refractivity contribution in [3.05, 3.63) is 41.5 Å². The van der Waals surface area contributed by atoms with Crippen LogP contribution in [0.25, 0.3) is 6.08 Å². The molecule has 4 heteroatoms. The van der Waals surface area contributed by atoms with Gasteiger partial charge in [-0.1, -0.05) is 12.1 Å². The van der Waals surface area contributed by atoms with Crippen LogP contribution in [-0.4, -0.2) is 17.0 Å². The van der Waals surface area contributed by atoms with Gasteiger partial charge in [0.15, 0.2) is 0 Å². The van der Waals surface area contributed by atoms with Gasteiger partial charge < -0.3 is 10.8 Å². The molecule has 0 fully saturated rings. The van der Waals surface area contributed by atoms with Crippen molar-refractivity contribution in [2.75, 3.05) is 0 Å². The standard InChI is InChI=1S/C10H9NO3/c11-10(14)8-4-1-7(2-5-8)3-6-9(12)13/h1-6H,(H2,11,14)(H,12,13)/b6-3+. The zero-order valence-corrected chi connectivity index (χ0v) is 7.31. The Bertz CT molecular complexity index is 379. The summed E-state index contributed by atoms with van der Waals surface area (Å²) in [4.78, 5) is 20.9. The maximum atomic E-state index is 10.7. The number of primary amides is 1. The average Bonchev–Trinajstić information content (AvgIpc) is 2.15. The van der Waals surface area contributed by atoms with Crippen LogP contribution in [0.15, 0.2) is 30.3 Å². The largest absolute Gasteiger partial charge is 0.478 e. The monoisotopic (exact) mass is 191 g/mol. The number of rotatable bonds is 3. The van der Waals surface area contributed by atoms with Crippen molar-refractivity contribution in [1.82, 2.24) is 0 Å². The topological polar surface area (TPSA) is 80.4 Å². The summed E-state index contributed by atoms with van der Waals surface area (Å²) in [5, 5.41) is 8.36. The molecule has 1 rings (SSSR count). The Morgan fingerprint density at radius 3 is 2.21 bits per heavy atom. The van der Waals surface area contributed by atoms with Crippen molar-refractivity contribution in [2.45, 2.75) is 0 Å². The van der Waals surface area contributed by atoms with Crippen LogP contribution in [0.3, 0.4) is 0 Å². The predicted octanol–water partition coefficient (Wildman–Crippen LogP) is 0.883. The van der Waals surface area contributed by atoms with Crippen LogP contribution in [0.4, 0.5) is 0 Å². The Hall–Kier alpha value is -2.10. The first-order chi connectivity index (χ1) is 6.59. The Morgan fingerprint density at radius 1 is 1.21 bits per heavy atom. The highest BCUT2D eigenvalue weighted by atomic mass is 16.4. The van der Waals surface area contributed by atoms with E-state index in [9.17, 15) is 9.59 Å². The molecule has 0 unspecified atom stereocenters. The third-order valence-electron chi connectivity index (χ3n) is 1.61. The van der Waals surface area contributed by atoms with Gasteiger partial charge in [0.2, 0.25) is 5.91 Å². The first-order valence-corrected chi connectivity index (χ1v) is 3.90. The molecule has 0 aliphatic rings. The molecule has 1 aromatic rings. The van der Waals surface area contributed by atoms with E-state index in [1.165, 1.54) is 6.08 Å². The second-order valence-electron chi connectivity index (χ2n) is 2.66. The van der Waals surface area contributed by atoms with Crippen LogP contribution in [0.1, 0.15) is 15.9 Å². The predicted molar refractivity (Wildman–Crippen MR) is 51.6 cm³/mol. The minimum Gasteiger partial charge on any atom is -0.478 e. The summed E-state index contributed by atoms with van der Waals surface area (Å²) in [6.45, 7) is 0. The maximum Gasteiger partial charge on any atom is 0.328 e. The summed E-state index contributed by atoms with van der Waals surface area (Å²) in [7, 11) is 0. The van der Waals surface area contributed by atoms with Crippen LogP contribution in [0.5, 0.6) is 0 Å². The average molecular weight is 191 g/mol. The van der Waals surface area contributed by atoms with Crippen LogP contribution in [-0.2, 0) is 4.79 Å². The molecule has 0 aliphatic heterocycles. The third kappa shape index (κ3) is 2.75. The van der Waals surface area contributed by atoms with E-state index < -0.39 is 11.9 Å². The maximum absolute atomic E-state index is 10.7. The fraction of sp³-hybridized carbons (Fsp3) is 0. The molecule has 0 heterocycles. The van der Waals surface area contributed by atoms with Gasteiger partial charge >= 0.3 is 5.97 Å². The Balaban J connectivity index is 2.83. The second kappa shape index (κ2) is 4.23. The fourth-order valence-electron chi connectivity index (χ4n) is 0.926. The molecule has 1 amide bonds. The molecule has 0 spiro atoms. The number of hydrogen-bond acceptors (Lipinski definition) is 2. The van der Waals surface area contributed by atoms with Crippen LogP contribution in [0, 0.1) is 0 Å². The zero-order valence-electron chi connectivity index (χ0n) is 7.31. The molecule has 3 N–H and O–H groups in total. The van der Waals surface area contributed by atoms with Gasteiger partial charge in [0.25, 0.3) is 0 Å². The minimum atomic E-state index is -1.01. The summed E-state index contributed by atoms with van der Waals surface area (Å²) in [5.41, 5.74) is 6.14. The summed E-state index contributed by atoms with van der Waals surface area (Å²) in [6.07, 6.45) is 2.46. The van der Waals surface area contributed by atoms with Crippen molar-refractivity contribution in [2.24, 2.45) is 5.73 Å². The molecule has 0 bridgehead atoms. The molecule has 0 radical (unpaired) electrons. The second-order valence-corrected chi connectivity index (χ2v) is 2.66.